The van der Waals surface area contributed by atoms with Crippen molar-refractivity contribution in [3.8, 4) is 0 Å². The maximum Gasteiger partial charge on any atom is 0.221 e. The van der Waals surface area contributed by atoms with Gasteiger partial charge in [0, 0.05) is 31.1 Å². The summed E-state index contributed by atoms with van der Waals surface area (Å²) in [5.74, 6) is 2.13. The second-order valence-electron chi connectivity index (χ2n) is 7.62. The monoisotopic (exact) mass is 385 g/mol. The summed E-state index contributed by atoms with van der Waals surface area (Å²) >= 11 is 0. The minimum atomic E-state index is -0.0680. The molecule has 2 rings (SSSR count). The Labute approximate surface area is 167 Å². The molecule has 1 aromatic heterocycles. The molecule has 0 spiro atoms. The van der Waals surface area contributed by atoms with Gasteiger partial charge in [-0.3, -0.25) is 4.79 Å². The molecule has 28 heavy (non-hydrogen) atoms. The van der Waals surface area contributed by atoms with Crippen LogP contribution in [0.15, 0.2) is 39.9 Å². The van der Waals surface area contributed by atoms with E-state index >= 15 is 0 Å². The smallest absolute Gasteiger partial charge is 0.221 e. The standard InChI is InChI=1S/C21H31N5O2/c1-6-22-20(25-14-19-24-13-18(28-19)21(3,4)5)23-12-11-16-7-9-17(10-8-16)26-15(2)27/h7-10,13H,6,11-12,14H2,1-5H3,(H,26,27)(H2,22,23,25). The molecule has 7 nitrogen and oxygen atoms in total. The molecule has 0 fully saturated rings. The Balaban J connectivity index is 1.87. The van der Waals surface area contributed by atoms with Gasteiger partial charge in [-0.15, -0.1) is 0 Å². The van der Waals surface area contributed by atoms with E-state index in [0.717, 1.165) is 36.9 Å². The SMILES string of the molecule is CCNC(=NCc1ncc(C(C)(C)C)o1)NCCc1ccc(NC(C)=O)cc1. The minimum absolute atomic E-state index is 0.0623. The molecule has 0 unspecified atom stereocenters. The van der Waals surface area contributed by atoms with Gasteiger partial charge < -0.3 is 20.4 Å². The zero-order chi connectivity index (χ0) is 20.6. The first-order valence-corrected chi connectivity index (χ1v) is 9.62. The zero-order valence-corrected chi connectivity index (χ0v) is 17.4. The van der Waals surface area contributed by atoms with E-state index in [-0.39, 0.29) is 11.3 Å². The van der Waals surface area contributed by atoms with Crippen LogP contribution in [-0.4, -0.2) is 29.9 Å². The molecule has 7 heteroatoms. The summed E-state index contributed by atoms with van der Waals surface area (Å²) < 4.78 is 5.79. The number of aliphatic imine (C=N–C) groups is 1. The molecule has 0 aliphatic heterocycles. The van der Waals surface area contributed by atoms with Crippen molar-refractivity contribution in [3.63, 3.8) is 0 Å². The van der Waals surface area contributed by atoms with Crippen molar-refractivity contribution < 1.29 is 9.21 Å². The van der Waals surface area contributed by atoms with E-state index in [1.54, 1.807) is 6.20 Å². The molecule has 1 aromatic carbocycles. The topological polar surface area (TPSA) is 91.6 Å². The molecule has 0 atom stereocenters. The lowest BCUT2D eigenvalue weighted by Gasteiger charge is -2.13. The van der Waals surface area contributed by atoms with Crippen LogP contribution >= 0.6 is 0 Å². The highest BCUT2D eigenvalue weighted by Crippen LogP contribution is 2.22. The number of benzene rings is 1. The highest BCUT2D eigenvalue weighted by Gasteiger charge is 2.19. The number of rotatable bonds is 7. The summed E-state index contributed by atoms with van der Waals surface area (Å²) in [4.78, 5) is 19.9. The number of hydrogen-bond acceptors (Lipinski definition) is 4. The molecule has 0 saturated heterocycles. The van der Waals surface area contributed by atoms with Crippen LogP contribution in [0.1, 0.15) is 51.8 Å². The molecule has 0 saturated carbocycles. The van der Waals surface area contributed by atoms with Crippen molar-refractivity contribution in [2.75, 3.05) is 18.4 Å². The summed E-state index contributed by atoms with van der Waals surface area (Å²) in [5, 5.41) is 9.32. The maximum absolute atomic E-state index is 11.1. The highest BCUT2D eigenvalue weighted by atomic mass is 16.4. The summed E-state index contributed by atoms with van der Waals surface area (Å²) in [5.41, 5.74) is 1.92. The second kappa shape index (κ2) is 9.92. The zero-order valence-electron chi connectivity index (χ0n) is 17.4. The normalized spacial score (nSPS) is 12.0. The van der Waals surface area contributed by atoms with Crippen LogP contribution in [-0.2, 0) is 23.2 Å². The van der Waals surface area contributed by atoms with Crippen LogP contribution in [0.5, 0.6) is 0 Å². The number of hydrogen-bond donors (Lipinski definition) is 3. The third-order valence-electron chi connectivity index (χ3n) is 3.99. The number of guanidine groups is 1. The lowest BCUT2D eigenvalue weighted by molar-refractivity contribution is -0.114. The Morgan fingerprint density at radius 3 is 2.46 bits per heavy atom. The van der Waals surface area contributed by atoms with Crippen LogP contribution in [0, 0.1) is 0 Å². The minimum Gasteiger partial charge on any atom is -0.443 e. The number of nitrogens with zero attached hydrogens (tertiary/aromatic N) is 2. The van der Waals surface area contributed by atoms with Crippen LogP contribution in [0.25, 0.3) is 0 Å². The number of anilines is 1. The fourth-order valence-corrected chi connectivity index (χ4v) is 2.50. The lowest BCUT2D eigenvalue weighted by Crippen LogP contribution is -2.38. The van der Waals surface area contributed by atoms with E-state index in [4.69, 9.17) is 4.42 Å². The number of carbonyl (C=O) groups is 1. The Morgan fingerprint density at radius 1 is 1.18 bits per heavy atom. The first-order valence-electron chi connectivity index (χ1n) is 9.62. The van der Waals surface area contributed by atoms with Crippen molar-refractivity contribution >= 4 is 17.6 Å². The van der Waals surface area contributed by atoms with Crippen LogP contribution in [0.3, 0.4) is 0 Å². The van der Waals surface area contributed by atoms with Gasteiger partial charge in [-0.05, 0) is 31.0 Å². The van der Waals surface area contributed by atoms with E-state index in [1.165, 1.54) is 12.5 Å². The molecule has 0 aliphatic carbocycles. The van der Waals surface area contributed by atoms with Crippen molar-refractivity contribution in [2.45, 2.75) is 53.0 Å². The molecule has 3 N–H and O–H groups in total. The van der Waals surface area contributed by atoms with Gasteiger partial charge in [-0.25, -0.2) is 9.98 Å². The number of oxazole rings is 1. The van der Waals surface area contributed by atoms with Crippen molar-refractivity contribution in [1.29, 1.82) is 0 Å². The van der Waals surface area contributed by atoms with E-state index in [2.05, 4.69) is 46.7 Å². The molecular formula is C21H31N5O2. The van der Waals surface area contributed by atoms with Gasteiger partial charge in [0.05, 0.1) is 6.20 Å². The van der Waals surface area contributed by atoms with Gasteiger partial charge in [0.25, 0.3) is 0 Å². The van der Waals surface area contributed by atoms with Crippen LogP contribution < -0.4 is 16.0 Å². The van der Waals surface area contributed by atoms with E-state index in [1.807, 2.05) is 31.2 Å². The average molecular weight is 386 g/mol. The molecule has 0 radical (unpaired) electrons. The predicted octanol–water partition coefficient (Wildman–Crippen LogP) is 3.23. The largest absolute Gasteiger partial charge is 0.443 e. The Kier molecular flexibility index (Phi) is 7.61. The van der Waals surface area contributed by atoms with E-state index in [9.17, 15) is 4.79 Å². The first kappa shape index (κ1) is 21.5. The van der Waals surface area contributed by atoms with E-state index < -0.39 is 0 Å². The summed E-state index contributed by atoms with van der Waals surface area (Å²) in [7, 11) is 0. The molecule has 0 bridgehead atoms. The summed E-state index contributed by atoms with van der Waals surface area (Å²) in [6, 6.07) is 7.84. The molecule has 2 aromatic rings. The van der Waals surface area contributed by atoms with Crippen molar-refractivity contribution in [2.24, 2.45) is 4.99 Å². The highest BCUT2D eigenvalue weighted by molar-refractivity contribution is 5.88. The number of aromatic nitrogens is 1. The van der Waals surface area contributed by atoms with Crippen LogP contribution in [0.2, 0.25) is 0 Å². The first-order chi connectivity index (χ1) is 13.3. The average Bonchev–Trinajstić information content (AvgIpc) is 3.10. The quantitative estimate of drug-likeness (QED) is 0.503. The Hall–Kier alpha value is -2.83. The Morgan fingerprint density at radius 2 is 1.89 bits per heavy atom. The fourth-order valence-electron chi connectivity index (χ4n) is 2.50. The van der Waals surface area contributed by atoms with Crippen LogP contribution in [0.4, 0.5) is 5.69 Å². The second-order valence-corrected chi connectivity index (χ2v) is 7.62. The van der Waals surface area contributed by atoms with Gasteiger partial charge >= 0.3 is 0 Å². The predicted molar refractivity (Wildman–Crippen MR) is 112 cm³/mol. The third-order valence-corrected chi connectivity index (χ3v) is 3.99. The number of nitrogens with one attached hydrogen (secondary N) is 3. The third kappa shape index (κ3) is 7.06. The van der Waals surface area contributed by atoms with Gasteiger partial charge in [0.2, 0.25) is 11.8 Å². The Bertz CT molecular complexity index is 788. The molecule has 0 aliphatic rings. The van der Waals surface area contributed by atoms with Gasteiger partial charge in [0.1, 0.15) is 12.3 Å². The molecule has 1 heterocycles. The number of carbonyl (C=O) groups excluding carboxylic acids is 1. The van der Waals surface area contributed by atoms with Gasteiger partial charge in [-0.2, -0.15) is 0 Å². The van der Waals surface area contributed by atoms with Crippen molar-refractivity contribution in [1.82, 2.24) is 15.6 Å². The molecule has 1 amide bonds. The summed E-state index contributed by atoms with van der Waals surface area (Å²) in [6.07, 6.45) is 2.62. The van der Waals surface area contributed by atoms with Gasteiger partial charge in [0.15, 0.2) is 5.96 Å². The molecule has 152 valence electrons. The number of amides is 1. The molecular weight excluding hydrogens is 354 g/mol. The van der Waals surface area contributed by atoms with Crippen molar-refractivity contribution in [3.05, 3.63) is 47.7 Å². The van der Waals surface area contributed by atoms with E-state index in [0.29, 0.717) is 12.4 Å². The summed E-state index contributed by atoms with van der Waals surface area (Å²) in [6.45, 7) is 11.7. The maximum atomic E-state index is 11.1. The van der Waals surface area contributed by atoms with Gasteiger partial charge in [-0.1, -0.05) is 32.9 Å². The lowest BCUT2D eigenvalue weighted by atomic mass is 9.94. The fraction of sp³-hybridized carbons (Fsp3) is 0.476.